The molecule has 162 valence electrons. The number of benzene rings is 4. The molecule has 0 heterocycles. The van der Waals surface area contributed by atoms with E-state index >= 15 is 0 Å². The van der Waals surface area contributed by atoms with Crippen LogP contribution < -0.4 is 0 Å². The number of ketones is 1. The Balaban J connectivity index is 1.82. The molecule has 0 aliphatic carbocycles. The van der Waals surface area contributed by atoms with Crippen molar-refractivity contribution in [3.05, 3.63) is 95.6 Å². The van der Waals surface area contributed by atoms with Crippen LogP contribution in [0.1, 0.15) is 34.1 Å². The van der Waals surface area contributed by atoms with Gasteiger partial charge in [0.2, 0.25) is 7.37 Å². The third-order valence-electron chi connectivity index (χ3n) is 5.78. The number of hydrogen-bond acceptors (Lipinski definition) is 4. The van der Waals surface area contributed by atoms with Crippen molar-refractivity contribution >= 4 is 41.0 Å². The second-order valence-corrected chi connectivity index (χ2v) is 10.5. The minimum atomic E-state index is -3.33. The molecule has 2 unspecified atom stereocenters. The maximum Gasteiger partial charge on any atom is 0.214 e. The molecular formula is C27H25O4P. The maximum atomic E-state index is 13.7. The first-order valence-electron chi connectivity index (χ1n) is 10.6. The Morgan fingerprint density at radius 1 is 0.938 bits per heavy atom. The van der Waals surface area contributed by atoms with Crippen LogP contribution in [0.2, 0.25) is 0 Å². The standard InChI is InChI=1S/C27H25O4P/c1-3-31-32(2,30)27(25-14-8-12-19-9-6-7-13-24(19)25)26(29)17-22-15-20-10-4-5-11-21(20)16-23(22)18-28/h4-16,18,27H,3,17H2,1-2H3. The smallest absolute Gasteiger partial charge is 0.214 e. The fraction of sp³-hybridized carbons (Fsp3) is 0.185. The average Bonchev–Trinajstić information content (AvgIpc) is 2.78. The van der Waals surface area contributed by atoms with Crippen molar-refractivity contribution in [2.24, 2.45) is 0 Å². The van der Waals surface area contributed by atoms with Gasteiger partial charge < -0.3 is 4.52 Å². The van der Waals surface area contributed by atoms with Gasteiger partial charge in [0, 0.05) is 18.6 Å². The fourth-order valence-corrected chi connectivity index (χ4v) is 6.37. The summed E-state index contributed by atoms with van der Waals surface area (Å²) in [5, 5.41) is 3.74. The van der Waals surface area contributed by atoms with E-state index in [9.17, 15) is 14.2 Å². The molecule has 0 saturated heterocycles. The fourth-order valence-electron chi connectivity index (χ4n) is 4.36. The quantitative estimate of drug-likeness (QED) is 0.227. The molecule has 0 radical (unpaired) electrons. The Morgan fingerprint density at radius 2 is 1.56 bits per heavy atom. The third kappa shape index (κ3) is 4.29. The number of carbonyl (C=O) groups excluding carboxylic acids is 2. The third-order valence-corrected chi connectivity index (χ3v) is 8.05. The van der Waals surface area contributed by atoms with Gasteiger partial charge in [0.1, 0.15) is 11.9 Å². The Bertz CT molecular complexity index is 1350. The maximum absolute atomic E-state index is 13.7. The molecule has 2 atom stereocenters. The van der Waals surface area contributed by atoms with Gasteiger partial charge in [-0.05, 0) is 51.7 Å². The van der Waals surface area contributed by atoms with Crippen LogP contribution in [-0.4, -0.2) is 25.3 Å². The summed E-state index contributed by atoms with van der Waals surface area (Å²) in [4.78, 5) is 25.5. The lowest BCUT2D eigenvalue weighted by Crippen LogP contribution is -2.18. The number of fused-ring (bicyclic) bond motifs is 2. The van der Waals surface area contributed by atoms with E-state index in [1.54, 1.807) is 13.0 Å². The van der Waals surface area contributed by atoms with Gasteiger partial charge >= 0.3 is 0 Å². The monoisotopic (exact) mass is 444 g/mol. The predicted octanol–water partition coefficient (Wildman–Crippen LogP) is 6.60. The lowest BCUT2D eigenvalue weighted by Gasteiger charge is -2.25. The number of Topliss-reactive ketones (excluding diaryl/α,β-unsaturated/α-hetero) is 1. The Kier molecular flexibility index (Phi) is 6.36. The SMILES string of the molecule is CCOP(C)(=O)C(C(=O)Cc1cc2ccccc2cc1C=O)c1cccc2ccccc12. The molecule has 0 aliphatic rings. The molecule has 0 amide bonds. The largest absolute Gasteiger partial charge is 0.328 e. The highest BCUT2D eigenvalue weighted by molar-refractivity contribution is 7.59. The molecule has 4 rings (SSSR count). The van der Waals surface area contributed by atoms with Crippen molar-refractivity contribution in [1.29, 1.82) is 0 Å². The normalized spacial score (nSPS) is 14.2. The zero-order valence-corrected chi connectivity index (χ0v) is 19.0. The lowest BCUT2D eigenvalue weighted by molar-refractivity contribution is -0.118. The first-order valence-corrected chi connectivity index (χ1v) is 12.8. The highest BCUT2D eigenvalue weighted by Crippen LogP contribution is 2.58. The first kappa shape index (κ1) is 22.1. The van der Waals surface area contributed by atoms with E-state index in [0.717, 1.165) is 27.8 Å². The van der Waals surface area contributed by atoms with Crippen molar-refractivity contribution in [2.75, 3.05) is 13.3 Å². The highest BCUT2D eigenvalue weighted by atomic mass is 31.2. The summed E-state index contributed by atoms with van der Waals surface area (Å²) in [5.74, 6) is -0.223. The number of rotatable bonds is 8. The highest BCUT2D eigenvalue weighted by Gasteiger charge is 2.37. The van der Waals surface area contributed by atoms with E-state index in [4.69, 9.17) is 4.52 Å². The molecule has 4 aromatic rings. The molecule has 0 spiro atoms. The molecule has 0 bridgehead atoms. The summed E-state index contributed by atoms with van der Waals surface area (Å²) < 4.78 is 19.3. The van der Waals surface area contributed by atoms with Crippen LogP contribution in [0.25, 0.3) is 21.5 Å². The molecule has 0 saturated carbocycles. The second-order valence-electron chi connectivity index (χ2n) is 7.96. The van der Waals surface area contributed by atoms with E-state index in [1.807, 2.05) is 72.8 Å². The zero-order valence-electron chi connectivity index (χ0n) is 18.2. The van der Waals surface area contributed by atoms with Crippen molar-refractivity contribution in [3.8, 4) is 0 Å². The summed E-state index contributed by atoms with van der Waals surface area (Å²) in [6.07, 6.45) is 0.772. The molecule has 0 N–H and O–H groups in total. The minimum Gasteiger partial charge on any atom is -0.328 e. The van der Waals surface area contributed by atoms with Crippen LogP contribution in [0.5, 0.6) is 0 Å². The molecule has 0 aliphatic heterocycles. The van der Waals surface area contributed by atoms with Gasteiger partial charge in [-0.25, -0.2) is 0 Å². The molecule has 32 heavy (non-hydrogen) atoms. The van der Waals surface area contributed by atoms with Gasteiger partial charge in [-0.1, -0.05) is 66.7 Å². The first-order chi connectivity index (χ1) is 15.4. The van der Waals surface area contributed by atoms with E-state index < -0.39 is 13.0 Å². The van der Waals surface area contributed by atoms with E-state index in [-0.39, 0.29) is 18.8 Å². The molecule has 0 aromatic heterocycles. The Hall–Kier alpha value is -3.07. The van der Waals surface area contributed by atoms with Gasteiger partial charge in [-0.15, -0.1) is 0 Å². The van der Waals surface area contributed by atoms with Crippen LogP contribution in [0.4, 0.5) is 0 Å². The molecule has 5 heteroatoms. The van der Waals surface area contributed by atoms with Gasteiger partial charge in [-0.3, -0.25) is 14.2 Å². The molecule has 4 nitrogen and oxygen atoms in total. The van der Waals surface area contributed by atoms with Crippen LogP contribution in [-0.2, 0) is 20.3 Å². The van der Waals surface area contributed by atoms with Crippen molar-refractivity contribution in [1.82, 2.24) is 0 Å². The number of aldehydes is 1. The average molecular weight is 444 g/mol. The molecular weight excluding hydrogens is 419 g/mol. The van der Waals surface area contributed by atoms with E-state index in [0.29, 0.717) is 16.7 Å². The van der Waals surface area contributed by atoms with Gasteiger partial charge in [0.25, 0.3) is 0 Å². The summed E-state index contributed by atoms with van der Waals surface area (Å²) in [7, 11) is -3.33. The summed E-state index contributed by atoms with van der Waals surface area (Å²) >= 11 is 0. The van der Waals surface area contributed by atoms with Gasteiger partial charge in [-0.2, -0.15) is 0 Å². The van der Waals surface area contributed by atoms with Crippen molar-refractivity contribution in [3.63, 3.8) is 0 Å². The second kappa shape index (κ2) is 9.20. The van der Waals surface area contributed by atoms with Crippen LogP contribution in [0.3, 0.4) is 0 Å². The molecule has 4 aromatic carbocycles. The van der Waals surface area contributed by atoms with Gasteiger partial charge in [0.15, 0.2) is 5.78 Å². The molecule has 0 fully saturated rings. The van der Waals surface area contributed by atoms with Crippen molar-refractivity contribution < 1.29 is 18.7 Å². The van der Waals surface area contributed by atoms with Crippen LogP contribution >= 0.6 is 7.37 Å². The van der Waals surface area contributed by atoms with E-state index in [2.05, 4.69) is 0 Å². The lowest BCUT2D eigenvalue weighted by atomic mass is 9.94. The topological polar surface area (TPSA) is 60.4 Å². The Morgan fingerprint density at radius 3 is 2.25 bits per heavy atom. The van der Waals surface area contributed by atoms with Crippen molar-refractivity contribution in [2.45, 2.75) is 19.0 Å². The summed E-state index contributed by atoms with van der Waals surface area (Å²) in [5.41, 5.74) is 0.877. The number of carbonyl (C=O) groups is 2. The zero-order chi connectivity index (χ0) is 22.7. The predicted molar refractivity (Wildman–Crippen MR) is 130 cm³/mol. The van der Waals surface area contributed by atoms with E-state index in [1.165, 1.54) is 6.66 Å². The van der Waals surface area contributed by atoms with Crippen LogP contribution in [0.15, 0.2) is 78.9 Å². The summed E-state index contributed by atoms with van der Waals surface area (Å²) in [6, 6.07) is 24.8. The summed E-state index contributed by atoms with van der Waals surface area (Å²) in [6.45, 7) is 3.55. The van der Waals surface area contributed by atoms with Crippen LogP contribution in [0, 0.1) is 0 Å². The van der Waals surface area contributed by atoms with Gasteiger partial charge in [0.05, 0.1) is 6.61 Å². The minimum absolute atomic E-state index is 0.00228. The number of hydrogen-bond donors (Lipinski definition) is 0. The Labute approximate surface area is 187 Å².